The van der Waals surface area contributed by atoms with E-state index in [1.54, 1.807) is 0 Å². The minimum atomic E-state index is 0.622. The summed E-state index contributed by atoms with van der Waals surface area (Å²) >= 11 is 0. The average molecular weight is 309 g/mol. The van der Waals surface area contributed by atoms with Gasteiger partial charge in [0, 0.05) is 0 Å². The van der Waals surface area contributed by atoms with E-state index in [0.717, 1.165) is 11.8 Å². The topological polar surface area (TPSA) is 0 Å². The smallest absolute Gasteiger partial charge is 0.0310 e. The van der Waals surface area contributed by atoms with Crippen LogP contribution in [0.25, 0.3) is 0 Å². The molecule has 22 heavy (non-hydrogen) atoms. The van der Waals surface area contributed by atoms with Gasteiger partial charge in [-0.25, -0.2) is 0 Å². The molecule has 132 valence electrons. The van der Waals surface area contributed by atoms with Crippen molar-refractivity contribution in [3.05, 3.63) is 23.8 Å². The van der Waals surface area contributed by atoms with Gasteiger partial charge in [0.15, 0.2) is 0 Å². The highest BCUT2D eigenvalue weighted by atomic mass is 14.3. The molecule has 0 aliphatic heterocycles. The van der Waals surface area contributed by atoms with Gasteiger partial charge in [0.2, 0.25) is 0 Å². The minimum absolute atomic E-state index is 0.622. The fraction of sp³-hybridized carbons (Fsp3) is 0.818. The Kier molecular flexibility index (Phi) is 15.2. The largest absolute Gasteiger partial charge is 0.0840 e. The number of hydrogen-bond donors (Lipinski definition) is 0. The van der Waals surface area contributed by atoms with Crippen molar-refractivity contribution in [3.63, 3.8) is 0 Å². The zero-order chi connectivity index (χ0) is 17.6. The van der Waals surface area contributed by atoms with Gasteiger partial charge >= 0.3 is 0 Å². The number of rotatable bonds is 1. The van der Waals surface area contributed by atoms with E-state index >= 15 is 0 Å². The third kappa shape index (κ3) is 12.1. The maximum Gasteiger partial charge on any atom is -0.0310 e. The molecule has 2 aliphatic rings. The van der Waals surface area contributed by atoms with E-state index < -0.39 is 0 Å². The molecule has 0 aromatic carbocycles. The van der Waals surface area contributed by atoms with Gasteiger partial charge in [-0.15, -0.1) is 0 Å². The SMILES string of the molecule is CC.CC.CC1CC(C)CC(C)(C)C1.CCC1=CCCC=C1. The van der Waals surface area contributed by atoms with Gasteiger partial charge in [-0.05, 0) is 55.8 Å². The highest BCUT2D eigenvalue weighted by molar-refractivity contribution is 5.21. The monoisotopic (exact) mass is 308 g/mol. The van der Waals surface area contributed by atoms with Crippen molar-refractivity contribution in [2.45, 2.75) is 101 Å². The summed E-state index contributed by atoms with van der Waals surface area (Å²) in [6, 6.07) is 0. The maximum absolute atomic E-state index is 2.40. The van der Waals surface area contributed by atoms with Gasteiger partial charge in [-0.1, -0.05) is 86.1 Å². The number of hydrogen-bond acceptors (Lipinski definition) is 0. The molecule has 0 saturated heterocycles. The van der Waals surface area contributed by atoms with Crippen molar-refractivity contribution in [2.24, 2.45) is 17.3 Å². The predicted octanol–water partition coefficient (Wildman–Crippen LogP) is 8.19. The normalized spacial score (nSPS) is 25.2. The summed E-state index contributed by atoms with van der Waals surface area (Å²) in [6.07, 6.45) is 14.8. The molecule has 0 N–H and O–H groups in total. The Balaban J connectivity index is 0. The van der Waals surface area contributed by atoms with E-state index in [2.05, 4.69) is 52.8 Å². The molecule has 2 atom stereocenters. The van der Waals surface area contributed by atoms with Crippen molar-refractivity contribution < 1.29 is 0 Å². The lowest BCUT2D eigenvalue weighted by atomic mass is 9.69. The molecule has 2 aliphatic carbocycles. The summed E-state index contributed by atoms with van der Waals surface area (Å²) in [5, 5.41) is 0. The van der Waals surface area contributed by atoms with Crippen LogP contribution < -0.4 is 0 Å². The summed E-state index contributed by atoms with van der Waals surface area (Å²) in [5.74, 6) is 1.91. The van der Waals surface area contributed by atoms with Gasteiger partial charge in [0.25, 0.3) is 0 Å². The predicted molar refractivity (Wildman–Crippen MR) is 105 cm³/mol. The van der Waals surface area contributed by atoms with Crippen LogP contribution in [0.5, 0.6) is 0 Å². The molecule has 0 aromatic rings. The van der Waals surface area contributed by atoms with E-state index in [1.807, 2.05) is 27.7 Å². The van der Waals surface area contributed by atoms with E-state index in [-0.39, 0.29) is 0 Å². The molecule has 0 spiro atoms. The highest BCUT2D eigenvalue weighted by Crippen LogP contribution is 2.41. The zero-order valence-corrected chi connectivity index (χ0v) is 17.1. The lowest BCUT2D eigenvalue weighted by Crippen LogP contribution is -2.25. The fourth-order valence-corrected chi connectivity index (χ4v) is 3.75. The van der Waals surface area contributed by atoms with Gasteiger partial charge in [-0.2, -0.15) is 0 Å². The quantitative estimate of drug-likeness (QED) is 0.458. The van der Waals surface area contributed by atoms with Crippen molar-refractivity contribution in [1.29, 1.82) is 0 Å². The standard InChI is InChI=1S/C10H20.C8H12.2C2H6/c1-8-5-9(2)7-10(3,4)6-8;1-2-8-6-4-3-5-7-8;2*1-2/h8-9H,5-7H2,1-4H3;4,6-7H,2-3,5H2,1H3;2*1-2H3. The summed E-state index contributed by atoms with van der Waals surface area (Å²) in [6.45, 7) is 19.8. The summed E-state index contributed by atoms with van der Waals surface area (Å²) in [5.41, 5.74) is 2.12. The lowest BCUT2D eigenvalue weighted by molar-refractivity contribution is 0.143. The van der Waals surface area contributed by atoms with Crippen LogP contribution in [0.1, 0.15) is 101 Å². The summed E-state index contributed by atoms with van der Waals surface area (Å²) in [7, 11) is 0. The fourth-order valence-electron chi connectivity index (χ4n) is 3.75. The molecular formula is C22H44. The molecule has 0 nitrogen and oxygen atoms in total. The van der Waals surface area contributed by atoms with Gasteiger partial charge in [0.1, 0.15) is 0 Å². The Morgan fingerprint density at radius 3 is 1.73 bits per heavy atom. The Bertz CT molecular complexity index is 281. The maximum atomic E-state index is 2.40. The number of allylic oxidation sites excluding steroid dienone is 4. The second-order valence-corrected chi connectivity index (χ2v) is 7.13. The Labute approximate surface area is 142 Å². The molecule has 0 amide bonds. The molecule has 2 unspecified atom stereocenters. The van der Waals surface area contributed by atoms with E-state index in [0.29, 0.717) is 5.41 Å². The minimum Gasteiger partial charge on any atom is -0.0840 e. The molecule has 2 rings (SSSR count). The molecule has 0 aromatic heterocycles. The first kappa shape index (κ1) is 23.7. The van der Waals surface area contributed by atoms with E-state index in [9.17, 15) is 0 Å². The first-order valence-corrected chi connectivity index (χ1v) is 9.78. The van der Waals surface area contributed by atoms with Crippen LogP contribution in [0.3, 0.4) is 0 Å². The molecule has 1 fully saturated rings. The second-order valence-electron chi connectivity index (χ2n) is 7.13. The van der Waals surface area contributed by atoms with Crippen molar-refractivity contribution >= 4 is 0 Å². The van der Waals surface area contributed by atoms with Crippen LogP contribution in [-0.2, 0) is 0 Å². The van der Waals surface area contributed by atoms with Gasteiger partial charge < -0.3 is 0 Å². The molecule has 0 heteroatoms. The van der Waals surface area contributed by atoms with E-state index in [1.165, 1.54) is 44.1 Å². The van der Waals surface area contributed by atoms with Gasteiger partial charge in [0.05, 0.1) is 0 Å². The van der Waals surface area contributed by atoms with Crippen LogP contribution in [0.2, 0.25) is 0 Å². The first-order chi connectivity index (χ1) is 10.4. The van der Waals surface area contributed by atoms with Crippen molar-refractivity contribution in [1.82, 2.24) is 0 Å². The van der Waals surface area contributed by atoms with Crippen LogP contribution in [0, 0.1) is 17.3 Å². The average Bonchev–Trinajstić information content (AvgIpc) is 2.50. The Hall–Kier alpha value is -0.520. The van der Waals surface area contributed by atoms with Crippen molar-refractivity contribution in [2.75, 3.05) is 0 Å². The molecular weight excluding hydrogens is 264 g/mol. The third-order valence-corrected chi connectivity index (χ3v) is 4.09. The van der Waals surface area contributed by atoms with Crippen molar-refractivity contribution in [3.8, 4) is 0 Å². The van der Waals surface area contributed by atoms with Crippen LogP contribution in [0.15, 0.2) is 23.8 Å². The highest BCUT2D eigenvalue weighted by Gasteiger charge is 2.29. The Morgan fingerprint density at radius 1 is 0.955 bits per heavy atom. The summed E-state index contributed by atoms with van der Waals surface area (Å²) in [4.78, 5) is 0. The molecule has 1 saturated carbocycles. The third-order valence-electron chi connectivity index (χ3n) is 4.09. The molecule has 0 bridgehead atoms. The summed E-state index contributed by atoms with van der Waals surface area (Å²) < 4.78 is 0. The Morgan fingerprint density at radius 2 is 1.45 bits per heavy atom. The zero-order valence-electron chi connectivity index (χ0n) is 17.1. The molecule has 0 heterocycles. The van der Waals surface area contributed by atoms with Gasteiger partial charge in [-0.3, -0.25) is 0 Å². The lowest BCUT2D eigenvalue weighted by Gasteiger charge is -2.37. The van der Waals surface area contributed by atoms with Crippen LogP contribution in [0.4, 0.5) is 0 Å². The first-order valence-electron chi connectivity index (χ1n) is 9.78. The van der Waals surface area contributed by atoms with Crippen LogP contribution >= 0.6 is 0 Å². The van der Waals surface area contributed by atoms with Crippen LogP contribution in [-0.4, -0.2) is 0 Å². The second kappa shape index (κ2) is 14.1. The van der Waals surface area contributed by atoms with E-state index in [4.69, 9.17) is 0 Å². The molecule has 0 radical (unpaired) electrons.